The molecule has 150 valence electrons. The lowest BCUT2D eigenvalue weighted by Crippen LogP contribution is -2.39. The lowest BCUT2D eigenvalue weighted by atomic mass is 9.91. The minimum absolute atomic E-state index is 0.200. The molecule has 1 heterocycles. The van der Waals surface area contributed by atoms with Crippen molar-refractivity contribution in [2.75, 3.05) is 19.6 Å². The van der Waals surface area contributed by atoms with Crippen molar-refractivity contribution in [2.24, 2.45) is 4.99 Å². The van der Waals surface area contributed by atoms with E-state index in [1.807, 2.05) is 19.1 Å². The molecule has 3 rings (SSSR count). The number of hydrogen-bond acceptors (Lipinski definition) is 3. The van der Waals surface area contributed by atoms with Gasteiger partial charge in [-0.15, -0.1) is 0 Å². The molecular formula is C24H28N4O. The zero-order valence-corrected chi connectivity index (χ0v) is 16.7. The van der Waals surface area contributed by atoms with Gasteiger partial charge in [-0.2, -0.15) is 0 Å². The summed E-state index contributed by atoms with van der Waals surface area (Å²) in [5.41, 5.74) is 3.31. The summed E-state index contributed by atoms with van der Waals surface area (Å²) < 4.78 is 0. The van der Waals surface area contributed by atoms with Crippen molar-refractivity contribution in [2.45, 2.75) is 18.9 Å². The predicted octanol–water partition coefficient (Wildman–Crippen LogP) is 3.50. The maximum absolute atomic E-state index is 10.4. The van der Waals surface area contributed by atoms with Gasteiger partial charge < -0.3 is 15.7 Å². The Balaban J connectivity index is 1.71. The summed E-state index contributed by atoms with van der Waals surface area (Å²) in [7, 11) is 0. The molecule has 0 radical (unpaired) electrons. The lowest BCUT2D eigenvalue weighted by Gasteiger charge is -2.21. The van der Waals surface area contributed by atoms with Crippen LogP contribution >= 0.6 is 0 Å². The average Bonchev–Trinajstić information content (AvgIpc) is 2.79. The zero-order chi connectivity index (χ0) is 20.3. The Morgan fingerprint density at radius 1 is 0.862 bits per heavy atom. The molecule has 1 unspecified atom stereocenters. The van der Waals surface area contributed by atoms with Crippen molar-refractivity contribution in [3.05, 3.63) is 102 Å². The van der Waals surface area contributed by atoms with Crippen LogP contribution in [0.3, 0.4) is 0 Å². The SMILES string of the molecule is CCNC(=NCC(O)c1ccncc1)NCC(c1ccccc1)c1ccccc1. The summed E-state index contributed by atoms with van der Waals surface area (Å²) in [6.07, 6.45) is 2.69. The van der Waals surface area contributed by atoms with E-state index in [9.17, 15) is 5.11 Å². The molecule has 0 spiro atoms. The van der Waals surface area contributed by atoms with E-state index >= 15 is 0 Å². The van der Waals surface area contributed by atoms with Crippen LogP contribution in [0.1, 0.15) is 35.6 Å². The van der Waals surface area contributed by atoms with Crippen LogP contribution in [-0.2, 0) is 0 Å². The normalized spacial score (nSPS) is 12.6. The maximum atomic E-state index is 10.4. The number of aliphatic hydroxyl groups is 1. The highest BCUT2D eigenvalue weighted by molar-refractivity contribution is 5.79. The highest BCUT2D eigenvalue weighted by Crippen LogP contribution is 2.23. The monoisotopic (exact) mass is 388 g/mol. The van der Waals surface area contributed by atoms with E-state index in [0.717, 1.165) is 12.1 Å². The molecule has 0 aliphatic rings. The van der Waals surface area contributed by atoms with E-state index < -0.39 is 6.10 Å². The maximum Gasteiger partial charge on any atom is 0.191 e. The quantitative estimate of drug-likeness (QED) is 0.408. The number of nitrogens with one attached hydrogen (secondary N) is 2. The van der Waals surface area contributed by atoms with Gasteiger partial charge in [0.25, 0.3) is 0 Å². The van der Waals surface area contributed by atoms with E-state index in [1.165, 1.54) is 11.1 Å². The summed E-state index contributed by atoms with van der Waals surface area (Å²) in [4.78, 5) is 8.56. The first-order chi connectivity index (χ1) is 14.3. The number of aliphatic imine (C=N–C) groups is 1. The predicted molar refractivity (Wildman–Crippen MR) is 118 cm³/mol. The third kappa shape index (κ3) is 6.16. The number of aliphatic hydroxyl groups excluding tert-OH is 1. The zero-order valence-electron chi connectivity index (χ0n) is 16.7. The van der Waals surface area contributed by atoms with Crippen molar-refractivity contribution < 1.29 is 5.11 Å². The van der Waals surface area contributed by atoms with Crippen molar-refractivity contribution in [1.29, 1.82) is 0 Å². The van der Waals surface area contributed by atoms with Crippen LogP contribution in [0.4, 0.5) is 0 Å². The van der Waals surface area contributed by atoms with Gasteiger partial charge >= 0.3 is 0 Å². The van der Waals surface area contributed by atoms with Gasteiger partial charge in [-0.25, -0.2) is 0 Å². The summed E-state index contributed by atoms with van der Waals surface area (Å²) in [5, 5.41) is 17.1. The van der Waals surface area contributed by atoms with Gasteiger partial charge in [-0.05, 0) is 35.7 Å². The van der Waals surface area contributed by atoms with Crippen molar-refractivity contribution >= 4 is 5.96 Å². The van der Waals surface area contributed by atoms with Crippen LogP contribution in [0.25, 0.3) is 0 Å². The number of rotatable bonds is 8. The first-order valence-corrected chi connectivity index (χ1v) is 9.98. The van der Waals surface area contributed by atoms with Gasteiger partial charge in [-0.1, -0.05) is 60.7 Å². The smallest absolute Gasteiger partial charge is 0.191 e. The molecule has 3 aromatic rings. The average molecular weight is 389 g/mol. The van der Waals surface area contributed by atoms with Gasteiger partial charge in [0.05, 0.1) is 12.6 Å². The molecule has 0 fully saturated rings. The highest BCUT2D eigenvalue weighted by atomic mass is 16.3. The summed E-state index contributed by atoms with van der Waals surface area (Å²) in [6, 6.07) is 24.5. The van der Waals surface area contributed by atoms with Crippen LogP contribution in [0.15, 0.2) is 90.2 Å². The second kappa shape index (κ2) is 11.0. The number of benzene rings is 2. The van der Waals surface area contributed by atoms with Crippen molar-refractivity contribution in [3.8, 4) is 0 Å². The second-order valence-corrected chi connectivity index (χ2v) is 6.77. The first-order valence-electron chi connectivity index (χ1n) is 9.98. The van der Waals surface area contributed by atoms with Gasteiger partial charge in [0.2, 0.25) is 0 Å². The molecule has 0 aliphatic heterocycles. The van der Waals surface area contributed by atoms with Crippen molar-refractivity contribution in [3.63, 3.8) is 0 Å². The van der Waals surface area contributed by atoms with E-state index in [1.54, 1.807) is 24.5 Å². The van der Waals surface area contributed by atoms with E-state index in [0.29, 0.717) is 12.5 Å². The molecule has 5 heteroatoms. The summed E-state index contributed by atoms with van der Waals surface area (Å²) in [5.74, 6) is 0.892. The number of hydrogen-bond donors (Lipinski definition) is 3. The molecule has 5 nitrogen and oxygen atoms in total. The van der Waals surface area contributed by atoms with Crippen LogP contribution in [0.2, 0.25) is 0 Å². The van der Waals surface area contributed by atoms with Crippen LogP contribution in [0.5, 0.6) is 0 Å². The third-order valence-corrected chi connectivity index (χ3v) is 4.73. The molecule has 1 aromatic heterocycles. The van der Waals surface area contributed by atoms with Gasteiger partial charge in [0.15, 0.2) is 5.96 Å². The fourth-order valence-corrected chi connectivity index (χ4v) is 3.21. The minimum Gasteiger partial charge on any atom is -0.386 e. The number of nitrogens with zero attached hydrogens (tertiary/aromatic N) is 2. The first kappa shape index (κ1) is 20.6. The molecule has 2 aromatic carbocycles. The Bertz CT molecular complexity index is 830. The Hall–Kier alpha value is -3.18. The minimum atomic E-state index is -0.660. The molecule has 0 saturated carbocycles. The molecule has 3 N–H and O–H groups in total. The van der Waals surface area contributed by atoms with Gasteiger partial charge in [0, 0.05) is 31.4 Å². The molecular weight excluding hydrogens is 360 g/mol. The third-order valence-electron chi connectivity index (χ3n) is 4.73. The second-order valence-electron chi connectivity index (χ2n) is 6.77. The van der Waals surface area contributed by atoms with Crippen LogP contribution in [0, 0.1) is 0 Å². The molecule has 29 heavy (non-hydrogen) atoms. The standard InChI is InChI=1S/C24H28N4O/c1-2-26-24(28-18-23(29)21-13-15-25-16-14-21)27-17-22(19-9-5-3-6-10-19)20-11-7-4-8-12-20/h3-16,22-23,29H,2,17-18H2,1H3,(H2,26,27,28). The van der Waals surface area contributed by atoms with E-state index in [4.69, 9.17) is 0 Å². The fraction of sp³-hybridized carbons (Fsp3) is 0.250. The topological polar surface area (TPSA) is 69.5 Å². The summed E-state index contributed by atoms with van der Waals surface area (Å²) in [6.45, 7) is 3.76. The Kier molecular flexibility index (Phi) is 7.78. The Morgan fingerprint density at radius 3 is 2.00 bits per heavy atom. The van der Waals surface area contributed by atoms with Gasteiger partial charge in [-0.3, -0.25) is 9.98 Å². The van der Waals surface area contributed by atoms with Crippen LogP contribution < -0.4 is 10.6 Å². The molecule has 1 atom stereocenters. The highest BCUT2D eigenvalue weighted by Gasteiger charge is 2.15. The number of guanidine groups is 1. The fourth-order valence-electron chi connectivity index (χ4n) is 3.21. The largest absolute Gasteiger partial charge is 0.386 e. The molecule has 0 saturated heterocycles. The van der Waals surface area contributed by atoms with E-state index in [-0.39, 0.29) is 12.5 Å². The Morgan fingerprint density at radius 2 is 1.45 bits per heavy atom. The van der Waals surface area contributed by atoms with Crippen molar-refractivity contribution in [1.82, 2.24) is 15.6 Å². The summed E-state index contributed by atoms with van der Waals surface area (Å²) >= 11 is 0. The van der Waals surface area contributed by atoms with E-state index in [2.05, 4.69) is 69.1 Å². The van der Waals surface area contributed by atoms with Crippen LogP contribution in [-0.4, -0.2) is 35.7 Å². The molecule has 0 amide bonds. The molecule has 0 bridgehead atoms. The molecule has 0 aliphatic carbocycles. The lowest BCUT2D eigenvalue weighted by molar-refractivity contribution is 0.187. The Labute approximate surface area is 172 Å². The van der Waals surface area contributed by atoms with Gasteiger partial charge in [0.1, 0.15) is 0 Å². The number of pyridine rings is 1. The number of aromatic nitrogens is 1.